The minimum absolute atomic E-state index is 0.0474. The molecule has 0 unspecified atom stereocenters. The maximum Gasteiger partial charge on any atom is 0.332 e. The molecule has 0 aromatic carbocycles. The van der Waals surface area contributed by atoms with Crippen molar-refractivity contribution < 1.29 is 19.0 Å². The second-order valence-electron chi connectivity index (χ2n) is 1.69. The molecule has 0 fully saturated rings. The Labute approximate surface area is 65.7 Å². The van der Waals surface area contributed by atoms with E-state index in [9.17, 15) is 4.79 Å². The minimum atomic E-state index is -0.484. The summed E-state index contributed by atoms with van der Waals surface area (Å²) in [6.07, 6.45) is 1.08. The minimum Gasteiger partial charge on any atom is -0.435 e. The smallest absolute Gasteiger partial charge is 0.332 e. The molecule has 0 rings (SSSR count). The van der Waals surface area contributed by atoms with Gasteiger partial charge < -0.3 is 14.2 Å². The lowest BCUT2D eigenvalue weighted by atomic mass is 10.7. The van der Waals surface area contributed by atoms with Gasteiger partial charge in [-0.25, -0.2) is 4.79 Å². The molecule has 0 amide bonds. The highest BCUT2D eigenvalue weighted by Crippen LogP contribution is 1.81. The predicted octanol–water partition coefficient (Wildman–Crippen LogP) is 0.336. The Morgan fingerprint density at radius 2 is 2.27 bits per heavy atom. The Morgan fingerprint density at radius 3 is 2.82 bits per heavy atom. The Kier molecular flexibility index (Phi) is 6.67. The van der Waals surface area contributed by atoms with Crippen molar-refractivity contribution in [2.75, 3.05) is 27.1 Å². The van der Waals surface area contributed by atoms with Gasteiger partial charge in [-0.05, 0) is 0 Å². The fourth-order valence-corrected chi connectivity index (χ4v) is 0.360. The van der Waals surface area contributed by atoms with Gasteiger partial charge in [0.05, 0.1) is 13.2 Å². The van der Waals surface area contributed by atoms with Gasteiger partial charge in [0.2, 0.25) is 0 Å². The highest BCUT2D eigenvalue weighted by Gasteiger charge is 1.93. The topological polar surface area (TPSA) is 44.8 Å². The molecule has 0 saturated heterocycles. The van der Waals surface area contributed by atoms with Crippen LogP contribution in [-0.4, -0.2) is 33.1 Å². The van der Waals surface area contributed by atoms with E-state index in [-0.39, 0.29) is 6.79 Å². The Hall–Kier alpha value is -0.870. The van der Waals surface area contributed by atoms with Gasteiger partial charge in [0, 0.05) is 13.2 Å². The van der Waals surface area contributed by atoms with Crippen molar-refractivity contribution in [2.24, 2.45) is 0 Å². The van der Waals surface area contributed by atoms with Gasteiger partial charge in [-0.3, -0.25) is 0 Å². The molecule has 4 nitrogen and oxygen atoms in total. The van der Waals surface area contributed by atoms with Gasteiger partial charge >= 0.3 is 5.97 Å². The molecule has 0 aliphatic carbocycles. The molecule has 0 N–H and O–H groups in total. The van der Waals surface area contributed by atoms with Crippen molar-refractivity contribution in [2.45, 2.75) is 0 Å². The maximum atomic E-state index is 10.4. The summed E-state index contributed by atoms with van der Waals surface area (Å²) in [5.41, 5.74) is 0. The number of hydrogen-bond acceptors (Lipinski definition) is 4. The Morgan fingerprint density at radius 1 is 1.55 bits per heavy atom. The third kappa shape index (κ3) is 7.02. The standard InChI is InChI=1S/C7H12O4/c1-3-7(8)11-6-10-5-4-9-2/h3H,1,4-6H2,2H3. The lowest BCUT2D eigenvalue weighted by Crippen LogP contribution is -2.08. The lowest BCUT2D eigenvalue weighted by molar-refractivity contribution is -0.151. The Bertz CT molecular complexity index is 122. The van der Waals surface area contributed by atoms with Crippen LogP contribution in [0.2, 0.25) is 0 Å². The van der Waals surface area contributed by atoms with Gasteiger partial charge in [0.15, 0.2) is 6.79 Å². The first-order valence-corrected chi connectivity index (χ1v) is 3.17. The first-order valence-electron chi connectivity index (χ1n) is 3.17. The molecular formula is C7H12O4. The third-order valence-corrected chi connectivity index (χ3v) is 0.883. The van der Waals surface area contributed by atoms with Crippen LogP contribution in [0.5, 0.6) is 0 Å². The van der Waals surface area contributed by atoms with Crippen molar-refractivity contribution in [1.82, 2.24) is 0 Å². The SMILES string of the molecule is C=CC(=O)OCOCCOC. The first kappa shape index (κ1) is 10.1. The average Bonchev–Trinajstić information content (AvgIpc) is 2.04. The number of methoxy groups -OCH3 is 1. The lowest BCUT2D eigenvalue weighted by Gasteiger charge is -2.02. The summed E-state index contributed by atoms with van der Waals surface area (Å²) >= 11 is 0. The summed E-state index contributed by atoms with van der Waals surface area (Å²) in [7, 11) is 1.57. The van der Waals surface area contributed by atoms with Crippen LogP contribution < -0.4 is 0 Å². The van der Waals surface area contributed by atoms with Gasteiger partial charge in [-0.1, -0.05) is 6.58 Å². The second kappa shape index (κ2) is 7.24. The molecule has 0 saturated carbocycles. The van der Waals surface area contributed by atoms with Crippen LogP contribution in [0.4, 0.5) is 0 Å². The molecule has 0 aliphatic heterocycles. The van der Waals surface area contributed by atoms with Crippen LogP contribution in [0.15, 0.2) is 12.7 Å². The van der Waals surface area contributed by atoms with Gasteiger partial charge in [0.1, 0.15) is 0 Å². The number of carbonyl (C=O) groups excluding carboxylic acids is 1. The van der Waals surface area contributed by atoms with Crippen LogP contribution in [0.3, 0.4) is 0 Å². The highest BCUT2D eigenvalue weighted by atomic mass is 16.7. The molecule has 0 bridgehead atoms. The molecule has 0 atom stereocenters. The van der Waals surface area contributed by atoms with E-state index in [0.29, 0.717) is 13.2 Å². The maximum absolute atomic E-state index is 10.4. The second-order valence-corrected chi connectivity index (χ2v) is 1.69. The molecule has 0 spiro atoms. The summed E-state index contributed by atoms with van der Waals surface area (Å²) in [5, 5.41) is 0. The number of carbonyl (C=O) groups is 1. The number of ether oxygens (including phenoxy) is 3. The zero-order chi connectivity index (χ0) is 8.53. The van der Waals surface area contributed by atoms with Crippen LogP contribution in [0.1, 0.15) is 0 Å². The zero-order valence-corrected chi connectivity index (χ0v) is 6.54. The molecule has 11 heavy (non-hydrogen) atoms. The van der Waals surface area contributed by atoms with E-state index in [1.54, 1.807) is 7.11 Å². The van der Waals surface area contributed by atoms with Crippen molar-refractivity contribution >= 4 is 5.97 Å². The largest absolute Gasteiger partial charge is 0.435 e. The molecule has 0 aromatic rings. The van der Waals surface area contributed by atoms with Crippen LogP contribution in [0.25, 0.3) is 0 Å². The predicted molar refractivity (Wildman–Crippen MR) is 39.0 cm³/mol. The van der Waals surface area contributed by atoms with Crippen molar-refractivity contribution in [1.29, 1.82) is 0 Å². The monoisotopic (exact) mass is 160 g/mol. The van der Waals surface area contributed by atoms with Gasteiger partial charge in [-0.15, -0.1) is 0 Å². The third-order valence-electron chi connectivity index (χ3n) is 0.883. The quantitative estimate of drug-likeness (QED) is 0.243. The number of hydrogen-bond donors (Lipinski definition) is 0. The molecule has 0 heterocycles. The van der Waals surface area contributed by atoms with E-state index in [2.05, 4.69) is 16.1 Å². The summed E-state index contributed by atoms with van der Waals surface area (Å²) < 4.78 is 14.0. The van der Waals surface area contributed by atoms with Crippen molar-refractivity contribution in [3.05, 3.63) is 12.7 Å². The van der Waals surface area contributed by atoms with Crippen molar-refractivity contribution in [3.8, 4) is 0 Å². The molecule has 0 aromatic heterocycles. The molecular weight excluding hydrogens is 148 g/mol. The van der Waals surface area contributed by atoms with Crippen LogP contribution >= 0.6 is 0 Å². The summed E-state index contributed by atoms with van der Waals surface area (Å²) in [6, 6.07) is 0. The van der Waals surface area contributed by atoms with E-state index in [1.807, 2.05) is 0 Å². The summed E-state index contributed by atoms with van der Waals surface area (Å²) in [5.74, 6) is -0.484. The van der Waals surface area contributed by atoms with Crippen molar-refractivity contribution in [3.63, 3.8) is 0 Å². The molecule has 64 valence electrons. The first-order chi connectivity index (χ1) is 5.31. The number of esters is 1. The molecule has 0 aliphatic rings. The summed E-state index contributed by atoms with van der Waals surface area (Å²) in [6.45, 7) is 4.08. The fraction of sp³-hybridized carbons (Fsp3) is 0.571. The van der Waals surface area contributed by atoms with E-state index in [1.165, 1.54) is 0 Å². The fourth-order valence-electron chi connectivity index (χ4n) is 0.360. The zero-order valence-electron chi connectivity index (χ0n) is 6.54. The van der Waals surface area contributed by atoms with Crippen LogP contribution in [-0.2, 0) is 19.0 Å². The Balaban J connectivity index is 3.01. The van der Waals surface area contributed by atoms with E-state index in [0.717, 1.165) is 6.08 Å². The molecule has 0 radical (unpaired) electrons. The normalized spacial score (nSPS) is 9.18. The molecule has 4 heteroatoms. The van der Waals surface area contributed by atoms with Gasteiger partial charge in [0.25, 0.3) is 0 Å². The number of rotatable bonds is 6. The average molecular weight is 160 g/mol. The highest BCUT2D eigenvalue weighted by molar-refractivity contribution is 5.81. The van der Waals surface area contributed by atoms with Gasteiger partial charge in [-0.2, -0.15) is 0 Å². The van der Waals surface area contributed by atoms with E-state index < -0.39 is 5.97 Å². The summed E-state index contributed by atoms with van der Waals surface area (Å²) in [4.78, 5) is 10.4. The van der Waals surface area contributed by atoms with E-state index in [4.69, 9.17) is 4.74 Å². The van der Waals surface area contributed by atoms with Crippen LogP contribution in [0, 0.1) is 0 Å². The van der Waals surface area contributed by atoms with E-state index >= 15 is 0 Å².